The number of carbonyl (C=O) groups excluding carboxylic acids is 8. The molecule has 1 saturated carbocycles. The zero-order valence-electron chi connectivity index (χ0n) is 30.1. The third-order valence-electron chi connectivity index (χ3n) is 9.04. The van der Waals surface area contributed by atoms with Gasteiger partial charge in [0.25, 0.3) is 23.1 Å². The molecule has 16 heteroatoms. The Kier molecular flexibility index (Phi) is 11.4. The summed E-state index contributed by atoms with van der Waals surface area (Å²) in [5.74, 6) is -15.6. The maximum atomic E-state index is 12.9. The molecule has 16 nitrogen and oxygen atoms in total. The van der Waals surface area contributed by atoms with Crippen LogP contribution in [0.1, 0.15) is 79.1 Å². The molecular formula is C38H40O16. The number of ether oxygens (including phenoxy) is 8. The molecule has 2 spiro atoms. The Hall–Kier alpha value is -5.80. The monoisotopic (exact) mass is 752 g/mol. The van der Waals surface area contributed by atoms with Crippen molar-refractivity contribution in [2.45, 2.75) is 102 Å². The van der Waals surface area contributed by atoms with E-state index in [2.05, 4.69) is 0 Å². The fourth-order valence-corrected chi connectivity index (χ4v) is 6.34. The topological polar surface area (TPSA) is 210 Å². The molecule has 0 atom stereocenters. The molecule has 4 aliphatic heterocycles. The minimum absolute atomic E-state index is 0.133. The van der Waals surface area contributed by atoms with Crippen molar-refractivity contribution in [3.8, 4) is 0 Å². The second-order valence-electron chi connectivity index (χ2n) is 13.5. The Morgan fingerprint density at radius 1 is 0.463 bits per heavy atom. The number of hydrogen-bond donors (Lipinski definition) is 0. The highest BCUT2D eigenvalue weighted by Crippen LogP contribution is 2.45. The van der Waals surface area contributed by atoms with Crippen molar-refractivity contribution in [3.63, 3.8) is 0 Å². The van der Waals surface area contributed by atoms with Crippen molar-refractivity contribution in [1.29, 1.82) is 0 Å². The highest BCUT2D eigenvalue weighted by Gasteiger charge is 2.57. The number of esters is 8. The summed E-state index contributed by atoms with van der Waals surface area (Å²) in [6, 6.07) is 0. The predicted molar refractivity (Wildman–Crippen MR) is 179 cm³/mol. The summed E-state index contributed by atoms with van der Waals surface area (Å²) in [6.45, 7) is 6.72. The standard InChI is InChI=1S/C38H40O16/c1-5-17-35(3)47-27(39)23(28(40)48-35)13-9-7-11-15-25-31(43)51-37(52-32(25)44)19-21-38(22-20-37)53-33(45)26(34(46)54-38)16-12-8-10-14-24-29(41)49-36(4,18-6-2)50-30(24)42/h7-16,23,26H,5-6,17-22H2,1-4H3/b10-8+,11-7+,13-9+,16-12+,24-14?,25-15?. The van der Waals surface area contributed by atoms with Crippen LogP contribution in [0, 0.1) is 11.8 Å². The summed E-state index contributed by atoms with van der Waals surface area (Å²) in [6.07, 6.45) is 14.3. The van der Waals surface area contributed by atoms with Crippen molar-refractivity contribution in [2.75, 3.05) is 0 Å². The van der Waals surface area contributed by atoms with Gasteiger partial charge in [-0.1, -0.05) is 62.5 Å². The second kappa shape index (κ2) is 15.7. The summed E-state index contributed by atoms with van der Waals surface area (Å²) in [4.78, 5) is 101. The zero-order valence-corrected chi connectivity index (χ0v) is 30.1. The second-order valence-corrected chi connectivity index (χ2v) is 13.5. The molecule has 5 aliphatic rings. The van der Waals surface area contributed by atoms with Crippen LogP contribution in [0.15, 0.2) is 71.9 Å². The van der Waals surface area contributed by atoms with Gasteiger partial charge < -0.3 is 37.9 Å². The quantitative estimate of drug-likeness (QED) is 0.0778. The van der Waals surface area contributed by atoms with Gasteiger partial charge >= 0.3 is 47.8 Å². The molecule has 4 saturated heterocycles. The fraction of sp³-hybridized carbons (Fsp3) is 0.474. The lowest BCUT2D eigenvalue weighted by atomic mass is 9.87. The molecule has 0 amide bonds. The Morgan fingerprint density at radius 3 is 1.19 bits per heavy atom. The lowest BCUT2D eigenvalue weighted by Gasteiger charge is -2.46. The van der Waals surface area contributed by atoms with E-state index < -0.39 is 88.3 Å². The van der Waals surface area contributed by atoms with E-state index in [-0.39, 0.29) is 31.3 Å². The number of cyclic esters (lactones) is 4. The first-order valence-electron chi connectivity index (χ1n) is 17.5. The third kappa shape index (κ3) is 8.69. The Labute approximate surface area is 309 Å². The first kappa shape index (κ1) is 39.4. The third-order valence-corrected chi connectivity index (χ3v) is 9.04. The van der Waals surface area contributed by atoms with Gasteiger partial charge in [-0.25, -0.2) is 19.2 Å². The molecule has 1 aliphatic carbocycles. The van der Waals surface area contributed by atoms with E-state index in [1.807, 2.05) is 13.8 Å². The van der Waals surface area contributed by atoms with Crippen LogP contribution in [-0.2, 0) is 76.3 Å². The molecule has 0 aromatic rings. The molecule has 0 radical (unpaired) electrons. The van der Waals surface area contributed by atoms with E-state index in [4.69, 9.17) is 37.9 Å². The van der Waals surface area contributed by atoms with Crippen LogP contribution in [0.3, 0.4) is 0 Å². The molecule has 0 aromatic carbocycles. The van der Waals surface area contributed by atoms with Gasteiger partial charge in [0.15, 0.2) is 11.8 Å². The van der Waals surface area contributed by atoms with E-state index in [9.17, 15) is 38.4 Å². The SMILES string of the molecule is CCCC1(C)OC(=O)C(=C/C=C/C=C/C2C(=O)OC3(CCC4(CC3)OC(=O)C(=C/C=C/C=C/C3C(=O)OC(C)(CCC)OC3=O)C(=O)O4)OC2=O)C(=O)O1. The minimum Gasteiger partial charge on any atom is -0.422 e. The molecule has 288 valence electrons. The number of allylic oxidation sites excluding steroid dienone is 8. The van der Waals surface area contributed by atoms with Gasteiger partial charge in [-0.3, -0.25) is 19.2 Å². The lowest BCUT2D eigenvalue weighted by molar-refractivity contribution is -0.297. The van der Waals surface area contributed by atoms with E-state index in [1.54, 1.807) is 0 Å². The van der Waals surface area contributed by atoms with Crippen LogP contribution in [0.5, 0.6) is 0 Å². The van der Waals surface area contributed by atoms with Crippen LogP contribution in [0.4, 0.5) is 0 Å². The molecule has 0 aromatic heterocycles. The highest BCUT2D eigenvalue weighted by atomic mass is 16.8. The zero-order chi connectivity index (χ0) is 39.3. The first-order chi connectivity index (χ1) is 25.5. The maximum Gasteiger partial charge on any atom is 0.348 e. The Morgan fingerprint density at radius 2 is 0.796 bits per heavy atom. The molecular weight excluding hydrogens is 712 g/mol. The number of hydrogen-bond acceptors (Lipinski definition) is 16. The Balaban J connectivity index is 1.11. The van der Waals surface area contributed by atoms with Gasteiger partial charge in [-0.05, 0) is 25.0 Å². The predicted octanol–water partition coefficient (Wildman–Crippen LogP) is 3.70. The van der Waals surface area contributed by atoms with Crippen LogP contribution in [-0.4, -0.2) is 70.9 Å². The Bertz CT molecular complexity index is 1720. The lowest BCUT2D eigenvalue weighted by Crippen LogP contribution is -2.57. The van der Waals surface area contributed by atoms with Gasteiger partial charge in [-0.15, -0.1) is 0 Å². The number of carbonyl (C=O) groups is 8. The van der Waals surface area contributed by atoms with Crippen molar-refractivity contribution in [3.05, 3.63) is 71.9 Å². The summed E-state index contributed by atoms with van der Waals surface area (Å²) >= 11 is 0. The van der Waals surface area contributed by atoms with Gasteiger partial charge in [0.2, 0.25) is 0 Å². The van der Waals surface area contributed by atoms with Gasteiger partial charge in [0, 0.05) is 52.4 Å². The highest BCUT2D eigenvalue weighted by molar-refractivity contribution is 6.16. The molecule has 54 heavy (non-hydrogen) atoms. The average Bonchev–Trinajstić information content (AvgIpc) is 3.06. The first-order valence-corrected chi connectivity index (χ1v) is 17.5. The van der Waals surface area contributed by atoms with Gasteiger partial charge in [-0.2, -0.15) is 0 Å². The van der Waals surface area contributed by atoms with Gasteiger partial charge in [0.05, 0.1) is 0 Å². The number of rotatable bonds is 10. The molecule has 4 heterocycles. The van der Waals surface area contributed by atoms with Crippen LogP contribution in [0.25, 0.3) is 0 Å². The summed E-state index contributed by atoms with van der Waals surface area (Å²) in [7, 11) is 0. The van der Waals surface area contributed by atoms with E-state index in [0.29, 0.717) is 25.7 Å². The fourth-order valence-electron chi connectivity index (χ4n) is 6.34. The molecule has 0 N–H and O–H groups in total. The largest absolute Gasteiger partial charge is 0.422 e. The normalized spacial score (nSPS) is 33.1. The van der Waals surface area contributed by atoms with Gasteiger partial charge in [0.1, 0.15) is 11.1 Å². The van der Waals surface area contributed by atoms with E-state index in [1.165, 1.54) is 68.5 Å². The minimum atomic E-state index is -1.67. The average molecular weight is 753 g/mol. The summed E-state index contributed by atoms with van der Waals surface area (Å²) < 4.78 is 43.0. The van der Waals surface area contributed by atoms with Crippen molar-refractivity contribution >= 4 is 47.8 Å². The molecule has 5 fully saturated rings. The van der Waals surface area contributed by atoms with Crippen LogP contribution >= 0.6 is 0 Å². The van der Waals surface area contributed by atoms with Crippen LogP contribution < -0.4 is 0 Å². The molecule has 0 unspecified atom stereocenters. The summed E-state index contributed by atoms with van der Waals surface area (Å²) in [5, 5.41) is 0. The van der Waals surface area contributed by atoms with E-state index >= 15 is 0 Å². The summed E-state index contributed by atoms with van der Waals surface area (Å²) in [5.41, 5.74) is -0.735. The van der Waals surface area contributed by atoms with Crippen molar-refractivity contribution in [1.82, 2.24) is 0 Å². The van der Waals surface area contributed by atoms with Crippen molar-refractivity contribution < 1.29 is 76.3 Å². The smallest absolute Gasteiger partial charge is 0.348 e. The molecule has 0 bridgehead atoms. The van der Waals surface area contributed by atoms with Crippen LogP contribution in [0.2, 0.25) is 0 Å². The van der Waals surface area contributed by atoms with Crippen molar-refractivity contribution in [2.24, 2.45) is 11.8 Å². The molecule has 5 rings (SSSR count). The maximum absolute atomic E-state index is 12.9. The van der Waals surface area contributed by atoms with E-state index in [0.717, 1.165) is 6.08 Å².